The van der Waals surface area contributed by atoms with E-state index in [9.17, 15) is 9.59 Å². The van der Waals surface area contributed by atoms with Gasteiger partial charge in [0.25, 0.3) is 5.91 Å². The van der Waals surface area contributed by atoms with Crippen LogP contribution < -0.4 is 15.6 Å². The van der Waals surface area contributed by atoms with E-state index in [1.807, 2.05) is 23.1 Å². The Hall–Kier alpha value is -3.07. The van der Waals surface area contributed by atoms with Gasteiger partial charge in [0, 0.05) is 51.3 Å². The van der Waals surface area contributed by atoms with Crippen molar-refractivity contribution in [3.05, 3.63) is 41.9 Å². The maximum absolute atomic E-state index is 12.8. The second-order valence-corrected chi connectivity index (χ2v) is 7.76. The van der Waals surface area contributed by atoms with Crippen molar-refractivity contribution in [2.45, 2.75) is 25.4 Å². The summed E-state index contributed by atoms with van der Waals surface area (Å²) in [6, 6.07) is 1.83. The lowest BCUT2D eigenvalue weighted by molar-refractivity contribution is 0.0724. The van der Waals surface area contributed by atoms with Gasteiger partial charge in [-0.2, -0.15) is 0 Å². The van der Waals surface area contributed by atoms with Gasteiger partial charge in [0.05, 0.1) is 11.3 Å². The summed E-state index contributed by atoms with van der Waals surface area (Å²) in [6.45, 7) is 3.16. The lowest BCUT2D eigenvalue weighted by atomic mass is 10.1. The number of urea groups is 1. The van der Waals surface area contributed by atoms with Gasteiger partial charge in [0.1, 0.15) is 6.17 Å². The number of hydrogen-bond acceptors (Lipinski definition) is 6. The highest BCUT2D eigenvalue weighted by atomic mass is 16.2. The van der Waals surface area contributed by atoms with Gasteiger partial charge in [0.15, 0.2) is 5.82 Å². The van der Waals surface area contributed by atoms with Crippen molar-refractivity contribution in [3.63, 3.8) is 0 Å². The molecule has 2 saturated heterocycles. The van der Waals surface area contributed by atoms with Crippen LogP contribution in [-0.2, 0) is 0 Å². The first kappa shape index (κ1) is 18.0. The Labute approximate surface area is 169 Å². The summed E-state index contributed by atoms with van der Waals surface area (Å²) >= 11 is 0. The van der Waals surface area contributed by atoms with Crippen molar-refractivity contribution in [2.75, 3.05) is 43.4 Å². The summed E-state index contributed by atoms with van der Waals surface area (Å²) in [6.07, 6.45) is 10.6. The van der Waals surface area contributed by atoms with Crippen molar-refractivity contribution >= 4 is 23.4 Å². The van der Waals surface area contributed by atoms with Gasteiger partial charge in [-0.15, -0.1) is 0 Å². The van der Waals surface area contributed by atoms with E-state index in [1.54, 1.807) is 24.3 Å². The molecule has 0 spiro atoms. The zero-order valence-corrected chi connectivity index (χ0v) is 16.5. The number of carbonyl (C=O) groups is 2. The Morgan fingerprint density at radius 1 is 1.21 bits per heavy atom. The Morgan fingerprint density at radius 3 is 2.86 bits per heavy atom. The molecule has 0 aromatic carbocycles. The molecule has 2 N–H and O–H groups in total. The zero-order valence-electron chi connectivity index (χ0n) is 16.5. The number of amides is 3. The standard InChI is InChI=1S/C20H25N7O2/c1-24-20(29)27-9-5-15(12-17(27)23-24)26-10-6-21-16-11-14(13-22-18(16)26)19(28)25-7-3-2-4-8-25/h5,9,11-13,17,21,23H,2-4,6-8,10H2,1H3. The molecular formula is C20H25N7O2. The Bertz CT molecular complexity index is 906. The van der Waals surface area contributed by atoms with Crippen LogP contribution >= 0.6 is 0 Å². The van der Waals surface area contributed by atoms with E-state index < -0.39 is 0 Å². The largest absolute Gasteiger partial charge is 0.380 e. The first-order valence-electron chi connectivity index (χ1n) is 10.1. The fraction of sp³-hybridized carbons (Fsp3) is 0.450. The maximum Gasteiger partial charge on any atom is 0.339 e. The van der Waals surface area contributed by atoms with Crippen LogP contribution in [0, 0.1) is 0 Å². The summed E-state index contributed by atoms with van der Waals surface area (Å²) in [5.41, 5.74) is 5.60. The van der Waals surface area contributed by atoms with Crippen LogP contribution in [0.1, 0.15) is 29.6 Å². The van der Waals surface area contributed by atoms with Crippen molar-refractivity contribution < 1.29 is 9.59 Å². The minimum Gasteiger partial charge on any atom is -0.380 e. The van der Waals surface area contributed by atoms with Crippen LogP contribution in [0.3, 0.4) is 0 Å². The Morgan fingerprint density at radius 2 is 2.03 bits per heavy atom. The first-order valence-corrected chi connectivity index (χ1v) is 10.1. The van der Waals surface area contributed by atoms with E-state index in [0.717, 1.165) is 56.2 Å². The molecule has 4 aliphatic rings. The van der Waals surface area contributed by atoms with Crippen molar-refractivity contribution in [3.8, 4) is 0 Å². The molecular weight excluding hydrogens is 370 g/mol. The molecule has 0 saturated carbocycles. The summed E-state index contributed by atoms with van der Waals surface area (Å²) in [5, 5.41) is 4.86. The van der Waals surface area contributed by atoms with Crippen LogP contribution in [0.15, 0.2) is 36.3 Å². The van der Waals surface area contributed by atoms with Crippen LogP contribution in [0.25, 0.3) is 0 Å². The van der Waals surface area contributed by atoms with Gasteiger partial charge in [-0.25, -0.2) is 15.2 Å². The van der Waals surface area contributed by atoms with Gasteiger partial charge in [-0.05, 0) is 37.5 Å². The fourth-order valence-electron chi connectivity index (χ4n) is 4.29. The molecule has 5 rings (SSSR count). The minimum atomic E-state index is -0.203. The molecule has 3 amide bonds. The summed E-state index contributed by atoms with van der Waals surface area (Å²) in [4.78, 5) is 35.3. The lowest BCUT2D eigenvalue weighted by Crippen LogP contribution is -2.40. The number of aromatic nitrogens is 1. The average Bonchev–Trinajstić information content (AvgIpc) is 3.06. The van der Waals surface area contributed by atoms with Crippen LogP contribution in [0.2, 0.25) is 0 Å². The second-order valence-electron chi connectivity index (χ2n) is 7.76. The number of pyridine rings is 1. The van der Waals surface area contributed by atoms with E-state index >= 15 is 0 Å². The van der Waals surface area contributed by atoms with E-state index in [1.165, 1.54) is 11.4 Å². The molecule has 29 heavy (non-hydrogen) atoms. The number of nitrogens with one attached hydrogen (secondary N) is 2. The third-order valence-corrected chi connectivity index (χ3v) is 5.84. The minimum absolute atomic E-state index is 0.0584. The van der Waals surface area contributed by atoms with Crippen molar-refractivity contribution in [1.82, 2.24) is 25.2 Å². The molecule has 1 atom stereocenters. The molecule has 5 heterocycles. The topological polar surface area (TPSA) is 84.1 Å². The molecule has 2 fully saturated rings. The second kappa shape index (κ2) is 7.07. The number of carbonyl (C=O) groups excluding carboxylic acids is 2. The van der Waals surface area contributed by atoms with Gasteiger partial charge in [-0.1, -0.05) is 0 Å². The highest BCUT2D eigenvalue weighted by Gasteiger charge is 2.35. The summed E-state index contributed by atoms with van der Waals surface area (Å²) in [7, 11) is 1.71. The molecule has 1 aromatic rings. The molecule has 0 radical (unpaired) electrons. The fourth-order valence-corrected chi connectivity index (χ4v) is 4.29. The maximum atomic E-state index is 12.8. The normalized spacial score (nSPS) is 23.6. The number of fused-ring (bicyclic) bond motifs is 2. The monoisotopic (exact) mass is 395 g/mol. The van der Waals surface area contributed by atoms with E-state index in [-0.39, 0.29) is 18.1 Å². The third kappa shape index (κ3) is 3.11. The SMILES string of the molecule is CN1NC2C=C(N3CCNc4cc(C(=O)N5CCCCC5)cnc43)C=CN2C1=O. The molecule has 9 nitrogen and oxygen atoms in total. The first-order chi connectivity index (χ1) is 14.1. The molecule has 0 bridgehead atoms. The Kier molecular flexibility index (Phi) is 4.39. The van der Waals surface area contributed by atoms with E-state index in [4.69, 9.17) is 0 Å². The van der Waals surface area contributed by atoms with Crippen LogP contribution in [0.4, 0.5) is 16.3 Å². The van der Waals surface area contributed by atoms with E-state index in [0.29, 0.717) is 5.56 Å². The number of rotatable bonds is 2. The highest BCUT2D eigenvalue weighted by Crippen LogP contribution is 2.32. The number of hydrazine groups is 1. The van der Waals surface area contributed by atoms with Gasteiger partial charge in [0.2, 0.25) is 0 Å². The van der Waals surface area contributed by atoms with Gasteiger partial charge < -0.3 is 15.1 Å². The van der Waals surface area contributed by atoms with Crippen molar-refractivity contribution in [1.29, 1.82) is 0 Å². The number of allylic oxidation sites excluding steroid dienone is 1. The number of piperidine rings is 1. The molecule has 152 valence electrons. The highest BCUT2D eigenvalue weighted by molar-refractivity contribution is 5.96. The number of likely N-dealkylation sites (tertiary alicyclic amines) is 1. The summed E-state index contributed by atoms with van der Waals surface area (Å²) in [5.74, 6) is 0.858. The van der Waals surface area contributed by atoms with Gasteiger partial charge in [-0.3, -0.25) is 14.7 Å². The van der Waals surface area contributed by atoms with Crippen molar-refractivity contribution in [2.24, 2.45) is 0 Å². The number of anilines is 2. The van der Waals surface area contributed by atoms with Gasteiger partial charge >= 0.3 is 6.03 Å². The molecule has 0 aliphatic carbocycles. The quantitative estimate of drug-likeness (QED) is 0.791. The lowest BCUT2D eigenvalue weighted by Gasteiger charge is -2.34. The predicted molar refractivity (Wildman–Crippen MR) is 109 cm³/mol. The smallest absolute Gasteiger partial charge is 0.339 e. The summed E-state index contributed by atoms with van der Waals surface area (Å²) < 4.78 is 0. The zero-order chi connectivity index (χ0) is 20.0. The third-order valence-electron chi connectivity index (χ3n) is 5.84. The van der Waals surface area contributed by atoms with E-state index in [2.05, 4.69) is 20.6 Å². The molecule has 9 heteroatoms. The molecule has 1 aromatic heterocycles. The number of hydrogen-bond donors (Lipinski definition) is 2. The predicted octanol–water partition coefficient (Wildman–Crippen LogP) is 1.55. The van der Waals surface area contributed by atoms with Crippen LogP contribution in [0.5, 0.6) is 0 Å². The Balaban J connectivity index is 1.40. The molecule has 4 aliphatic heterocycles. The van der Waals surface area contributed by atoms with Crippen LogP contribution in [-0.4, -0.2) is 71.1 Å². The number of nitrogens with zero attached hydrogens (tertiary/aromatic N) is 5. The average molecular weight is 395 g/mol. The molecule has 1 unspecified atom stereocenters.